The lowest BCUT2D eigenvalue weighted by molar-refractivity contribution is 0.0996. The number of carboxylic acid groups (broad SMARTS) is 1. The van der Waals surface area contributed by atoms with Gasteiger partial charge in [-0.3, -0.25) is 0 Å². The second kappa shape index (κ2) is 5.82. The molecule has 0 aliphatic carbocycles. The van der Waals surface area contributed by atoms with Crippen molar-refractivity contribution in [1.82, 2.24) is 5.32 Å². The van der Waals surface area contributed by atoms with Crippen LogP contribution in [0.3, 0.4) is 0 Å². The number of aryl methyl sites for hydroxylation is 1. The molecular formula is C19H20FNO3. The van der Waals surface area contributed by atoms with Gasteiger partial charge in [-0.1, -0.05) is 32.0 Å². The fourth-order valence-corrected chi connectivity index (χ4v) is 3.18. The highest BCUT2D eigenvalue weighted by atomic mass is 19.1. The van der Waals surface area contributed by atoms with Gasteiger partial charge in [-0.25, -0.2) is 9.18 Å². The summed E-state index contributed by atoms with van der Waals surface area (Å²) in [5, 5.41) is 11.7. The van der Waals surface area contributed by atoms with E-state index in [1.54, 1.807) is 6.07 Å². The summed E-state index contributed by atoms with van der Waals surface area (Å²) >= 11 is 0. The van der Waals surface area contributed by atoms with E-state index < -0.39 is 6.09 Å². The summed E-state index contributed by atoms with van der Waals surface area (Å²) in [6.45, 7) is 6.20. The predicted octanol–water partition coefficient (Wildman–Crippen LogP) is 4.53. The molecule has 1 unspecified atom stereocenters. The van der Waals surface area contributed by atoms with E-state index in [1.807, 2.05) is 39.0 Å². The molecule has 1 aliphatic heterocycles. The molecule has 1 aliphatic rings. The minimum Gasteiger partial charge on any atom is -0.493 e. The van der Waals surface area contributed by atoms with Gasteiger partial charge in [0, 0.05) is 11.0 Å². The largest absolute Gasteiger partial charge is 0.493 e. The zero-order valence-corrected chi connectivity index (χ0v) is 13.9. The Bertz CT molecular complexity index is 801. The van der Waals surface area contributed by atoms with Gasteiger partial charge in [0.1, 0.15) is 11.6 Å². The van der Waals surface area contributed by atoms with E-state index in [1.165, 1.54) is 12.1 Å². The Hall–Kier alpha value is -2.56. The van der Waals surface area contributed by atoms with Gasteiger partial charge in [-0.15, -0.1) is 0 Å². The van der Waals surface area contributed by atoms with E-state index >= 15 is 0 Å². The lowest BCUT2D eigenvalue weighted by atomic mass is 9.78. The minimum absolute atomic E-state index is 0.266. The van der Waals surface area contributed by atoms with Crippen molar-refractivity contribution in [3.05, 3.63) is 53.3 Å². The number of fused-ring (bicyclic) bond motifs is 1. The van der Waals surface area contributed by atoms with E-state index in [0.29, 0.717) is 12.4 Å². The van der Waals surface area contributed by atoms with E-state index in [9.17, 15) is 9.18 Å². The molecule has 1 amide bonds. The summed E-state index contributed by atoms with van der Waals surface area (Å²) in [6.07, 6.45) is -1.06. The molecule has 0 aromatic heterocycles. The van der Waals surface area contributed by atoms with Crippen LogP contribution in [-0.4, -0.2) is 17.8 Å². The third-order valence-corrected chi connectivity index (χ3v) is 4.47. The molecule has 5 heteroatoms. The molecular weight excluding hydrogens is 309 g/mol. The van der Waals surface area contributed by atoms with Crippen molar-refractivity contribution >= 4 is 6.09 Å². The Morgan fingerprint density at radius 2 is 2.04 bits per heavy atom. The van der Waals surface area contributed by atoms with E-state index in [4.69, 9.17) is 9.84 Å². The Morgan fingerprint density at radius 1 is 1.29 bits per heavy atom. The van der Waals surface area contributed by atoms with Crippen molar-refractivity contribution < 1.29 is 19.0 Å². The Labute approximate surface area is 140 Å². The average Bonchev–Trinajstić information content (AvgIpc) is 2.50. The lowest BCUT2D eigenvalue weighted by Crippen LogP contribution is -2.43. The average molecular weight is 329 g/mol. The first-order valence-electron chi connectivity index (χ1n) is 7.81. The highest BCUT2D eigenvalue weighted by Gasteiger charge is 2.38. The topological polar surface area (TPSA) is 58.6 Å². The van der Waals surface area contributed by atoms with Crippen LogP contribution in [0.25, 0.3) is 11.1 Å². The molecule has 0 saturated heterocycles. The summed E-state index contributed by atoms with van der Waals surface area (Å²) in [5.41, 5.74) is 3.15. The highest BCUT2D eigenvalue weighted by molar-refractivity contribution is 5.71. The first-order valence-corrected chi connectivity index (χ1v) is 7.81. The van der Waals surface area contributed by atoms with Gasteiger partial charge in [0.05, 0.1) is 12.6 Å². The number of ether oxygens (including phenoxy) is 1. The molecule has 0 bridgehead atoms. The molecule has 2 aromatic rings. The van der Waals surface area contributed by atoms with E-state index in [0.717, 1.165) is 22.3 Å². The number of halogens is 1. The number of nitrogens with one attached hydrogen (secondary N) is 1. The number of benzene rings is 2. The number of amides is 1. The zero-order valence-electron chi connectivity index (χ0n) is 13.9. The lowest BCUT2D eigenvalue weighted by Gasteiger charge is -2.39. The number of hydrogen-bond donors (Lipinski definition) is 2. The van der Waals surface area contributed by atoms with Gasteiger partial charge in [-0.05, 0) is 41.8 Å². The van der Waals surface area contributed by atoms with Gasteiger partial charge < -0.3 is 15.2 Å². The van der Waals surface area contributed by atoms with Gasteiger partial charge in [0.25, 0.3) is 0 Å². The first-order chi connectivity index (χ1) is 11.3. The molecule has 24 heavy (non-hydrogen) atoms. The van der Waals surface area contributed by atoms with Crippen molar-refractivity contribution in [1.29, 1.82) is 0 Å². The van der Waals surface area contributed by atoms with Crippen LogP contribution in [0.2, 0.25) is 0 Å². The predicted molar refractivity (Wildman–Crippen MR) is 89.8 cm³/mol. The summed E-state index contributed by atoms with van der Waals surface area (Å²) in [6, 6.07) is 10.0. The molecule has 2 N–H and O–H groups in total. The van der Waals surface area contributed by atoms with Crippen LogP contribution in [0.4, 0.5) is 9.18 Å². The molecule has 0 radical (unpaired) electrons. The smallest absolute Gasteiger partial charge is 0.405 e. The van der Waals surface area contributed by atoms with Crippen LogP contribution in [-0.2, 0) is 0 Å². The number of hydrogen-bond acceptors (Lipinski definition) is 2. The maximum Gasteiger partial charge on any atom is 0.405 e. The fraction of sp³-hybridized carbons (Fsp3) is 0.316. The summed E-state index contributed by atoms with van der Waals surface area (Å²) in [5.74, 6) is 0.396. The monoisotopic (exact) mass is 329 g/mol. The molecule has 1 heterocycles. The highest BCUT2D eigenvalue weighted by Crippen LogP contribution is 2.44. The minimum atomic E-state index is -1.06. The molecule has 3 rings (SSSR count). The van der Waals surface area contributed by atoms with Crippen molar-refractivity contribution in [3.8, 4) is 16.9 Å². The number of rotatable bonds is 2. The summed E-state index contributed by atoms with van der Waals surface area (Å²) in [7, 11) is 0. The Morgan fingerprint density at radius 3 is 2.71 bits per heavy atom. The van der Waals surface area contributed by atoms with Crippen molar-refractivity contribution in [3.63, 3.8) is 0 Å². The molecule has 126 valence electrons. The maximum absolute atomic E-state index is 13.3. The third kappa shape index (κ3) is 2.94. The van der Waals surface area contributed by atoms with Crippen molar-refractivity contribution in [2.24, 2.45) is 5.41 Å². The molecule has 2 aromatic carbocycles. The number of carbonyl (C=O) groups is 1. The van der Waals surface area contributed by atoms with Crippen LogP contribution >= 0.6 is 0 Å². The SMILES string of the molecule is Cc1cc(F)ccc1-c1ccc2c(c1)OCC(C)(C)C2NC(=O)O. The third-order valence-electron chi connectivity index (χ3n) is 4.47. The second-order valence-corrected chi connectivity index (χ2v) is 6.87. The summed E-state index contributed by atoms with van der Waals surface area (Å²) in [4.78, 5) is 11.1. The van der Waals surface area contributed by atoms with Crippen LogP contribution in [0.1, 0.15) is 31.0 Å². The first kappa shape index (κ1) is 16.3. The fourth-order valence-electron chi connectivity index (χ4n) is 3.18. The van der Waals surface area contributed by atoms with E-state index in [-0.39, 0.29) is 17.3 Å². The molecule has 4 nitrogen and oxygen atoms in total. The van der Waals surface area contributed by atoms with Gasteiger partial charge in [0.15, 0.2) is 0 Å². The standard InChI is InChI=1S/C19H20FNO3/c1-11-8-13(20)5-7-14(11)12-4-6-15-16(9-12)24-10-19(2,3)17(15)21-18(22)23/h4-9,17,21H,10H2,1-3H3,(H,22,23). The Balaban J connectivity index is 2.04. The van der Waals surface area contributed by atoms with Gasteiger partial charge in [0.2, 0.25) is 0 Å². The van der Waals surface area contributed by atoms with Crippen molar-refractivity contribution in [2.75, 3.05) is 6.61 Å². The van der Waals surface area contributed by atoms with Crippen LogP contribution in [0, 0.1) is 18.2 Å². The maximum atomic E-state index is 13.3. The quantitative estimate of drug-likeness (QED) is 0.851. The normalized spacial score (nSPS) is 18.4. The molecule has 0 spiro atoms. The van der Waals surface area contributed by atoms with Crippen LogP contribution in [0.5, 0.6) is 5.75 Å². The molecule has 0 fully saturated rings. The van der Waals surface area contributed by atoms with Gasteiger partial charge >= 0.3 is 6.09 Å². The second-order valence-electron chi connectivity index (χ2n) is 6.87. The van der Waals surface area contributed by atoms with Crippen LogP contribution < -0.4 is 10.1 Å². The van der Waals surface area contributed by atoms with Gasteiger partial charge in [-0.2, -0.15) is 0 Å². The van der Waals surface area contributed by atoms with Crippen molar-refractivity contribution in [2.45, 2.75) is 26.8 Å². The van der Waals surface area contributed by atoms with Crippen LogP contribution in [0.15, 0.2) is 36.4 Å². The molecule has 0 saturated carbocycles. The zero-order chi connectivity index (χ0) is 17.5. The molecule has 1 atom stereocenters. The Kier molecular flexibility index (Phi) is 3.95. The van der Waals surface area contributed by atoms with E-state index in [2.05, 4.69) is 5.32 Å². The summed E-state index contributed by atoms with van der Waals surface area (Å²) < 4.78 is 19.2.